The highest BCUT2D eigenvalue weighted by molar-refractivity contribution is 5.19. The summed E-state index contributed by atoms with van der Waals surface area (Å²) in [6.45, 7) is 2.08. The van der Waals surface area contributed by atoms with Gasteiger partial charge in [-0.3, -0.25) is 4.98 Å². The van der Waals surface area contributed by atoms with Crippen molar-refractivity contribution >= 4 is 0 Å². The van der Waals surface area contributed by atoms with E-state index in [1.807, 2.05) is 12.3 Å². The highest BCUT2D eigenvalue weighted by Gasteiger charge is 2.53. The molecule has 0 saturated heterocycles. The van der Waals surface area contributed by atoms with Crippen molar-refractivity contribution in [3.05, 3.63) is 29.6 Å². The van der Waals surface area contributed by atoms with Crippen molar-refractivity contribution in [2.24, 2.45) is 17.8 Å². The Morgan fingerprint density at radius 3 is 2.71 bits per heavy atom. The van der Waals surface area contributed by atoms with Crippen molar-refractivity contribution in [1.29, 1.82) is 0 Å². The number of aliphatic hydroxyl groups is 1. The fraction of sp³-hybridized carbons (Fsp3) is 0.667. The van der Waals surface area contributed by atoms with Crippen molar-refractivity contribution in [2.45, 2.75) is 45.1 Å². The standard InChI is InChI=1S/C15H21NO/c1-10-5-4-8-16-13(10)9-14(17)15-11-6-2-3-7-12(11)15/h4-5,8,11-12,14-15,17H,2-3,6-7,9H2,1H3. The minimum absolute atomic E-state index is 0.170. The molecule has 1 aromatic rings. The molecule has 1 heterocycles. The summed E-state index contributed by atoms with van der Waals surface area (Å²) >= 11 is 0. The van der Waals surface area contributed by atoms with Crippen LogP contribution in [0.2, 0.25) is 0 Å². The summed E-state index contributed by atoms with van der Waals surface area (Å²) in [6.07, 6.45) is 7.82. The Morgan fingerprint density at radius 1 is 1.35 bits per heavy atom. The maximum atomic E-state index is 10.4. The van der Waals surface area contributed by atoms with Crippen molar-refractivity contribution in [3.8, 4) is 0 Å². The molecule has 2 heteroatoms. The van der Waals surface area contributed by atoms with Crippen molar-refractivity contribution in [3.63, 3.8) is 0 Å². The first kappa shape index (κ1) is 11.2. The lowest BCUT2D eigenvalue weighted by atomic mass is 10.0. The van der Waals surface area contributed by atoms with Crippen LogP contribution in [0.4, 0.5) is 0 Å². The summed E-state index contributed by atoms with van der Waals surface area (Å²) < 4.78 is 0. The van der Waals surface area contributed by atoms with Crippen LogP contribution in [-0.2, 0) is 6.42 Å². The van der Waals surface area contributed by atoms with Gasteiger partial charge in [-0.05, 0) is 49.1 Å². The lowest BCUT2D eigenvalue weighted by Gasteiger charge is -2.11. The van der Waals surface area contributed by atoms with Crippen molar-refractivity contribution in [2.75, 3.05) is 0 Å². The summed E-state index contributed by atoms with van der Waals surface area (Å²) in [7, 11) is 0. The van der Waals surface area contributed by atoms with Crippen LogP contribution in [0.5, 0.6) is 0 Å². The summed E-state index contributed by atoms with van der Waals surface area (Å²) in [5, 5.41) is 10.4. The number of nitrogens with zero attached hydrogens (tertiary/aromatic N) is 1. The van der Waals surface area contributed by atoms with Gasteiger partial charge in [0.15, 0.2) is 0 Å². The topological polar surface area (TPSA) is 33.1 Å². The normalized spacial score (nSPS) is 32.9. The number of fused-ring (bicyclic) bond motifs is 1. The van der Waals surface area contributed by atoms with Crippen LogP contribution in [-0.4, -0.2) is 16.2 Å². The van der Waals surface area contributed by atoms with Crippen LogP contribution < -0.4 is 0 Å². The van der Waals surface area contributed by atoms with Crippen LogP contribution in [0.25, 0.3) is 0 Å². The second kappa shape index (κ2) is 4.41. The molecule has 1 N–H and O–H groups in total. The molecule has 0 bridgehead atoms. The summed E-state index contributed by atoms with van der Waals surface area (Å²) in [5.74, 6) is 2.21. The molecule has 2 fully saturated rings. The fourth-order valence-corrected chi connectivity index (χ4v) is 3.68. The Balaban J connectivity index is 1.64. The third kappa shape index (κ3) is 2.11. The Kier molecular flexibility index (Phi) is 2.91. The smallest absolute Gasteiger partial charge is 0.0629 e. The molecule has 0 aromatic carbocycles. The molecule has 3 unspecified atom stereocenters. The molecule has 2 saturated carbocycles. The van der Waals surface area contributed by atoms with Gasteiger partial charge in [0.05, 0.1) is 6.10 Å². The number of hydrogen-bond donors (Lipinski definition) is 1. The van der Waals surface area contributed by atoms with E-state index in [9.17, 15) is 5.11 Å². The molecule has 3 rings (SSSR count). The largest absolute Gasteiger partial charge is 0.392 e. The minimum Gasteiger partial charge on any atom is -0.392 e. The highest BCUT2D eigenvalue weighted by atomic mass is 16.3. The summed E-state index contributed by atoms with van der Waals surface area (Å²) in [5.41, 5.74) is 2.28. The van der Waals surface area contributed by atoms with E-state index in [1.165, 1.54) is 31.2 Å². The first-order chi connectivity index (χ1) is 8.27. The first-order valence-corrected chi connectivity index (χ1v) is 6.86. The Labute approximate surface area is 103 Å². The first-order valence-electron chi connectivity index (χ1n) is 6.86. The van der Waals surface area contributed by atoms with Gasteiger partial charge in [0, 0.05) is 18.3 Å². The highest BCUT2D eigenvalue weighted by Crippen LogP contribution is 2.57. The van der Waals surface area contributed by atoms with E-state index in [-0.39, 0.29) is 6.10 Å². The van der Waals surface area contributed by atoms with Crippen LogP contribution >= 0.6 is 0 Å². The Hall–Kier alpha value is -0.890. The van der Waals surface area contributed by atoms with Gasteiger partial charge in [0.2, 0.25) is 0 Å². The van der Waals surface area contributed by atoms with Gasteiger partial charge in [-0.25, -0.2) is 0 Å². The molecule has 0 radical (unpaired) electrons. The predicted molar refractivity (Wildman–Crippen MR) is 67.6 cm³/mol. The zero-order chi connectivity index (χ0) is 11.8. The zero-order valence-electron chi connectivity index (χ0n) is 10.5. The van der Waals surface area contributed by atoms with Crippen LogP contribution in [0, 0.1) is 24.7 Å². The third-order valence-corrected chi connectivity index (χ3v) is 4.69. The second-order valence-electron chi connectivity index (χ2n) is 5.73. The Bertz CT molecular complexity index is 392. The second-order valence-corrected chi connectivity index (χ2v) is 5.73. The average Bonchev–Trinajstić information content (AvgIpc) is 3.06. The maximum Gasteiger partial charge on any atom is 0.0629 e. The lowest BCUT2D eigenvalue weighted by Crippen LogP contribution is -2.16. The number of aliphatic hydroxyl groups excluding tert-OH is 1. The van der Waals surface area contributed by atoms with E-state index in [0.717, 1.165) is 24.0 Å². The molecule has 2 aliphatic carbocycles. The molecule has 92 valence electrons. The minimum atomic E-state index is -0.170. The lowest BCUT2D eigenvalue weighted by molar-refractivity contribution is 0.139. The molecule has 1 aromatic heterocycles. The number of aromatic nitrogens is 1. The van der Waals surface area contributed by atoms with Gasteiger partial charge in [-0.2, -0.15) is 0 Å². The SMILES string of the molecule is Cc1cccnc1CC(O)C1C2CCCCC21. The number of pyridine rings is 1. The molecular formula is C15H21NO. The molecule has 0 amide bonds. The third-order valence-electron chi connectivity index (χ3n) is 4.69. The van der Waals surface area contributed by atoms with Crippen LogP contribution in [0.1, 0.15) is 36.9 Å². The van der Waals surface area contributed by atoms with E-state index in [1.54, 1.807) is 0 Å². The van der Waals surface area contributed by atoms with Gasteiger partial charge in [0.25, 0.3) is 0 Å². The quantitative estimate of drug-likeness (QED) is 0.867. The Morgan fingerprint density at radius 2 is 2.06 bits per heavy atom. The van der Waals surface area contributed by atoms with Gasteiger partial charge in [-0.15, -0.1) is 0 Å². The van der Waals surface area contributed by atoms with Crippen molar-refractivity contribution in [1.82, 2.24) is 4.98 Å². The van der Waals surface area contributed by atoms with Crippen LogP contribution in [0.3, 0.4) is 0 Å². The maximum absolute atomic E-state index is 10.4. The molecular weight excluding hydrogens is 210 g/mol. The van der Waals surface area contributed by atoms with Gasteiger partial charge in [0.1, 0.15) is 0 Å². The van der Waals surface area contributed by atoms with E-state index in [2.05, 4.69) is 18.0 Å². The monoisotopic (exact) mass is 231 g/mol. The van der Waals surface area contributed by atoms with E-state index in [4.69, 9.17) is 0 Å². The molecule has 3 atom stereocenters. The number of aryl methyl sites for hydroxylation is 1. The molecule has 0 aliphatic heterocycles. The van der Waals surface area contributed by atoms with E-state index >= 15 is 0 Å². The van der Waals surface area contributed by atoms with Gasteiger partial charge >= 0.3 is 0 Å². The van der Waals surface area contributed by atoms with E-state index < -0.39 is 0 Å². The number of hydrogen-bond acceptors (Lipinski definition) is 2. The molecule has 17 heavy (non-hydrogen) atoms. The van der Waals surface area contributed by atoms with Crippen molar-refractivity contribution < 1.29 is 5.11 Å². The fourth-order valence-electron chi connectivity index (χ4n) is 3.68. The van der Waals surface area contributed by atoms with E-state index in [0.29, 0.717) is 5.92 Å². The molecule has 2 nitrogen and oxygen atoms in total. The van der Waals surface area contributed by atoms with Gasteiger partial charge < -0.3 is 5.11 Å². The molecule has 0 spiro atoms. The summed E-state index contributed by atoms with van der Waals surface area (Å²) in [6, 6.07) is 4.04. The molecule has 2 aliphatic rings. The van der Waals surface area contributed by atoms with Crippen LogP contribution in [0.15, 0.2) is 18.3 Å². The predicted octanol–water partition coefficient (Wildman–Crippen LogP) is 2.73. The summed E-state index contributed by atoms with van der Waals surface area (Å²) in [4.78, 5) is 4.39. The van der Waals surface area contributed by atoms with Gasteiger partial charge in [-0.1, -0.05) is 18.9 Å². The zero-order valence-corrected chi connectivity index (χ0v) is 10.5. The number of rotatable bonds is 3. The average molecular weight is 231 g/mol.